The molecule has 0 aliphatic heterocycles. The predicted octanol–water partition coefficient (Wildman–Crippen LogP) is 4.92. The topological polar surface area (TPSA) is 52.0 Å². The maximum atomic E-state index is 5.81. The Bertz CT molecular complexity index is 533. The summed E-state index contributed by atoms with van der Waals surface area (Å²) in [5, 5.41) is 0. The molecule has 0 aliphatic carbocycles. The third-order valence-corrected chi connectivity index (χ3v) is 6.56. The monoisotopic (exact) mass is 308 g/mol. The average Bonchev–Trinajstić information content (AvgIpc) is 2.38. The molecule has 0 unspecified atom stereocenters. The Labute approximate surface area is 125 Å². The molecule has 4 N–H and O–H groups in total. The van der Waals surface area contributed by atoms with Crippen molar-refractivity contribution in [1.82, 2.24) is 0 Å². The van der Waals surface area contributed by atoms with Crippen LogP contribution >= 0.6 is 31.4 Å². The number of nitrogen functional groups attached to an aromatic ring is 2. The molecule has 0 amide bonds. The quantitative estimate of drug-likeness (QED) is 0.620. The van der Waals surface area contributed by atoms with Crippen molar-refractivity contribution in [1.29, 1.82) is 0 Å². The molecule has 0 saturated carbocycles. The van der Waals surface area contributed by atoms with Gasteiger partial charge in [-0.25, -0.2) is 0 Å². The SMILES string of the molecule is Cc1cc(SSSc2ccc(N)c(C)c2)ccc1N. The summed E-state index contributed by atoms with van der Waals surface area (Å²) in [5.41, 5.74) is 15.5. The zero-order chi connectivity index (χ0) is 13.8. The third-order valence-electron chi connectivity index (χ3n) is 2.74. The molecule has 2 rings (SSSR count). The summed E-state index contributed by atoms with van der Waals surface area (Å²) >= 11 is 0. The highest BCUT2D eigenvalue weighted by atomic mass is 33.5. The van der Waals surface area contributed by atoms with Crippen LogP contribution in [0.25, 0.3) is 0 Å². The number of hydrogen-bond donors (Lipinski definition) is 2. The van der Waals surface area contributed by atoms with E-state index in [4.69, 9.17) is 11.5 Å². The molecular weight excluding hydrogens is 292 g/mol. The molecule has 0 bridgehead atoms. The van der Waals surface area contributed by atoms with Crippen LogP contribution in [0.3, 0.4) is 0 Å². The van der Waals surface area contributed by atoms with Crippen LogP contribution in [0.2, 0.25) is 0 Å². The van der Waals surface area contributed by atoms with E-state index in [0.29, 0.717) is 0 Å². The number of hydrogen-bond acceptors (Lipinski definition) is 5. The van der Waals surface area contributed by atoms with E-state index in [0.717, 1.165) is 22.5 Å². The highest BCUT2D eigenvalue weighted by Crippen LogP contribution is 2.45. The second-order valence-corrected chi connectivity index (χ2v) is 8.32. The summed E-state index contributed by atoms with van der Waals surface area (Å²) in [4.78, 5) is 2.44. The van der Waals surface area contributed by atoms with E-state index in [1.54, 1.807) is 31.4 Å². The Morgan fingerprint density at radius 1 is 0.737 bits per heavy atom. The van der Waals surface area contributed by atoms with Gasteiger partial charge in [0.25, 0.3) is 0 Å². The van der Waals surface area contributed by atoms with Crippen molar-refractivity contribution in [3.63, 3.8) is 0 Å². The number of aryl methyl sites for hydroxylation is 2. The minimum atomic E-state index is 0.844. The highest BCUT2D eigenvalue weighted by Gasteiger charge is 2.01. The Balaban J connectivity index is 1.92. The average molecular weight is 308 g/mol. The van der Waals surface area contributed by atoms with E-state index in [1.165, 1.54) is 9.79 Å². The van der Waals surface area contributed by atoms with Crippen LogP contribution in [0.5, 0.6) is 0 Å². The van der Waals surface area contributed by atoms with E-state index in [-0.39, 0.29) is 0 Å². The molecule has 19 heavy (non-hydrogen) atoms. The first-order chi connectivity index (χ1) is 9.06. The van der Waals surface area contributed by atoms with Gasteiger partial charge in [0.1, 0.15) is 0 Å². The molecule has 0 saturated heterocycles. The van der Waals surface area contributed by atoms with Crippen LogP contribution in [0.1, 0.15) is 11.1 Å². The van der Waals surface area contributed by atoms with Gasteiger partial charge in [0.15, 0.2) is 0 Å². The molecule has 0 heterocycles. The minimum absolute atomic E-state index is 0.844. The van der Waals surface area contributed by atoms with Crippen molar-refractivity contribution < 1.29 is 0 Å². The Kier molecular flexibility index (Phi) is 4.96. The highest BCUT2D eigenvalue weighted by molar-refractivity contribution is 9.09. The van der Waals surface area contributed by atoms with Crippen LogP contribution in [0.15, 0.2) is 46.2 Å². The second-order valence-electron chi connectivity index (χ2n) is 4.27. The molecule has 0 aromatic heterocycles. The fourth-order valence-electron chi connectivity index (χ4n) is 1.50. The lowest BCUT2D eigenvalue weighted by molar-refractivity contribution is 1.37. The molecule has 5 heteroatoms. The van der Waals surface area contributed by atoms with Crippen molar-refractivity contribution >= 4 is 42.8 Å². The summed E-state index contributed by atoms with van der Waals surface area (Å²) < 4.78 is 0. The first-order valence-electron chi connectivity index (χ1n) is 5.79. The van der Waals surface area contributed by atoms with Gasteiger partial charge in [-0.05, 0) is 92.8 Å². The van der Waals surface area contributed by atoms with E-state index >= 15 is 0 Å². The molecule has 0 atom stereocenters. The van der Waals surface area contributed by atoms with Crippen molar-refractivity contribution in [3.05, 3.63) is 47.5 Å². The predicted molar refractivity (Wildman–Crippen MR) is 90.5 cm³/mol. The van der Waals surface area contributed by atoms with Crippen molar-refractivity contribution in [2.45, 2.75) is 23.6 Å². The smallest absolute Gasteiger partial charge is 0.0344 e. The number of nitrogens with two attached hydrogens (primary N) is 2. The zero-order valence-corrected chi connectivity index (χ0v) is 13.3. The van der Waals surface area contributed by atoms with Crippen LogP contribution in [0, 0.1) is 13.8 Å². The standard InChI is InChI=1S/C14H16N2S3/c1-9-7-11(3-5-13(9)15)17-19-18-12-4-6-14(16)10(2)8-12/h3-8H,15-16H2,1-2H3. The molecule has 100 valence electrons. The molecule has 2 aromatic rings. The molecule has 0 fully saturated rings. The fourth-order valence-corrected chi connectivity index (χ4v) is 5.30. The zero-order valence-electron chi connectivity index (χ0n) is 10.8. The lowest BCUT2D eigenvalue weighted by Gasteiger charge is -2.05. The first kappa shape index (κ1) is 14.5. The second kappa shape index (κ2) is 6.50. The maximum Gasteiger partial charge on any atom is 0.0344 e. The van der Waals surface area contributed by atoms with Crippen molar-refractivity contribution in [2.75, 3.05) is 11.5 Å². The van der Waals surface area contributed by atoms with Gasteiger partial charge in [-0.1, -0.05) is 0 Å². The molecular formula is C14H16N2S3. The van der Waals surface area contributed by atoms with Crippen LogP contribution < -0.4 is 11.5 Å². The summed E-state index contributed by atoms with van der Waals surface area (Å²) in [5.74, 6) is 0. The van der Waals surface area contributed by atoms with Gasteiger partial charge in [0.2, 0.25) is 0 Å². The van der Waals surface area contributed by atoms with Gasteiger partial charge in [-0.15, -0.1) is 0 Å². The Morgan fingerprint density at radius 2 is 1.16 bits per heavy atom. The van der Waals surface area contributed by atoms with Crippen LogP contribution in [-0.2, 0) is 0 Å². The first-order valence-corrected chi connectivity index (χ1v) is 9.28. The summed E-state index contributed by atoms with van der Waals surface area (Å²) in [7, 11) is 5.22. The summed E-state index contributed by atoms with van der Waals surface area (Å²) in [6.07, 6.45) is 0. The number of anilines is 2. The van der Waals surface area contributed by atoms with E-state index < -0.39 is 0 Å². The van der Waals surface area contributed by atoms with Gasteiger partial charge in [-0.2, -0.15) is 0 Å². The van der Waals surface area contributed by atoms with Gasteiger partial charge in [0, 0.05) is 21.2 Å². The third kappa shape index (κ3) is 4.03. The van der Waals surface area contributed by atoms with Gasteiger partial charge in [0.05, 0.1) is 0 Å². The van der Waals surface area contributed by atoms with E-state index in [1.807, 2.05) is 26.0 Å². The summed E-state index contributed by atoms with van der Waals surface area (Å²) in [6, 6.07) is 12.2. The van der Waals surface area contributed by atoms with Crippen molar-refractivity contribution in [3.8, 4) is 0 Å². The van der Waals surface area contributed by atoms with Crippen LogP contribution in [0.4, 0.5) is 11.4 Å². The lowest BCUT2D eigenvalue weighted by Crippen LogP contribution is -1.88. The largest absolute Gasteiger partial charge is 0.399 e. The lowest BCUT2D eigenvalue weighted by atomic mass is 10.2. The Hall–Kier alpha value is -0.910. The molecule has 0 spiro atoms. The normalized spacial score (nSPS) is 10.6. The van der Waals surface area contributed by atoms with Gasteiger partial charge in [-0.3, -0.25) is 0 Å². The van der Waals surface area contributed by atoms with Crippen molar-refractivity contribution in [2.24, 2.45) is 0 Å². The van der Waals surface area contributed by atoms with E-state index in [9.17, 15) is 0 Å². The number of rotatable bonds is 4. The molecule has 0 radical (unpaired) electrons. The fraction of sp³-hybridized carbons (Fsp3) is 0.143. The summed E-state index contributed by atoms with van der Waals surface area (Å²) in [6.45, 7) is 4.06. The van der Waals surface area contributed by atoms with E-state index in [2.05, 4.69) is 24.3 Å². The Morgan fingerprint density at radius 3 is 1.53 bits per heavy atom. The number of benzene rings is 2. The molecule has 2 nitrogen and oxygen atoms in total. The molecule has 0 aliphatic rings. The molecule has 2 aromatic carbocycles. The van der Waals surface area contributed by atoms with Gasteiger partial charge >= 0.3 is 0 Å². The van der Waals surface area contributed by atoms with Crippen LogP contribution in [-0.4, -0.2) is 0 Å². The maximum absolute atomic E-state index is 5.81. The minimum Gasteiger partial charge on any atom is -0.399 e. The van der Waals surface area contributed by atoms with Gasteiger partial charge < -0.3 is 11.5 Å².